The fourth-order valence-corrected chi connectivity index (χ4v) is 2.34. The Hall–Kier alpha value is -2.80. The van der Waals surface area contributed by atoms with Crippen LogP contribution in [0.5, 0.6) is 0 Å². The highest BCUT2D eigenvalue weighted by Crippen LogP contribution is 2.05. The smallest absolute Gasteiger partial charge is 0.191 e. The number of rotatable bonds is 7. The first-order chi connectivity index (χ1) is 11.8. The van der Waals surface area contributed by atoms with Crippen molar-refractivity contribution < 1.29 is 0 Å². The zero-order valence-corrected chi connectivity index (χ0v) is 14.1. The molecule has 0 aliphatic rings. The van der Waals surface area contributed by atoms with Gasteiger partial charge in [0.15, 0.2) is 5.96 Å². The molecule has 0 amide bonds. The second-order valence-electron chi connectivity index (χ2n) is 5.52. The molecule has 0 spiro atoms. The van der Waals surface area contributed by atoms with Crippen molar-refractivity contribution in [3.63, 3.8) is 0 Å². The Morgan fingerprint density at radius 2 is 1.75 bits per heavy atom. The highest BCUT2D eigenvalue weighted by molar-refractivity contribution is 5.79. The van der Waals surface area contributed by atoms with Crippen LogP contribution in [0, 0.1) is 11.3 Å². The molecule has 124 valence electrons. The predicted molar refractivity (Wildman–Crippen MR) is 98.7 cm³/mol. The summed E-state index contributed by atoms with van der Waals surface area (Å²) in [5.41, 5.74) is 3.13. The van der Waals surface area contributed by atoms with Gasteiger partial charge in [-0.2, -0.15) is 5.26 Å². The molecule has 2 aromatic carbocycles. The van der Waals surface area contributed by atoms with Crippen LogP contribution >= 0.6 is 0 Å². The SMILES string of the molecule is CCNC(=NCc1ccc(C#N)cc1)NCCCc1ccccc1. The second-order valence-corrected chi connectivity index (χ2v) is 5.52. The first kappa shape index (κ1) is 17.6. The van der Waals surface area contributed by atoms with Crippen molar-refractivity contribution >= 4 is 5.96 Å². The van der Waals surface area contributed by atoms with E-state index in [1.54, 1.807) is 0 Å². The van der Waals surface area contributed by atoms with Crippen LogP contribution in [0.15, 0.2) is 59.6 Å². The number of nitrogens with zero attached hydrogens (tertiary/aromatic N) is 2. The molecule has 0 aliphatic carbocycles. The van der Waals surface area contributed by atoms with Gasteiger partial charge in [-0.3, -0.25) is 0 Å². The van der Waals surface area contributed by atoms with Crippen molar-refractivity contribution in [2.45, 2.75) is 26.3 Å². The van der Waals surface area contributed by atoms with Crippen molar-refractivity contribution in [3.8, 4) is 6.07 Å². The molecular weight excluding hydrogens is 296 g/mol. The standard InChI is InChI=1S/C20H24N4/c1-2-22-20(23-14-6-9-17-7-4-3-5-8-17)24-16-19-12-10-18(15-21)11-13-19/h3-5,7-8,10-13H,2,6,9,14,16H2,1H3,(H2,22,23,24). The van der Waals surface area contributed by atoms with E-state index in [9.17, 15) is 0 Å². The molecule has 2 aromatic rings. The molecule has 0 heterocycles. The Morgan fingerprint density at radius 3 is 2.42 bits per heavy atom. The Bertz CT molecular complexity index is 669. The summed E-state index contributed by atoms with van der Waals surface area (Å²) in [7, 11) is 0. The summed E-state index contributed by atoms with van der Waals surface area (Å²) in [6.45, 7) is 4.37. The van der Waals surface area contributed by atoms with Crippen LogP contribution in [-0.4, -0.2) is 19.0 Å². The lowest BCUT2D eigenvalue weighted by Crippen LogP contribution is -2.37. The van der Waals surface area contributed by atoms with Crippen LogP contribution in [0.3, 0.4) is 0 Å². The van der Waals surface area contributed by atoms with Gasteiger partial charge in [-0.1, -0.05) is 42.5 Å². The largest absolute Gasteiger partial charge is 0.357 e. The molecule has 4 nitrogen and oxygen atoms in total. The normalized spacial score (nSPS) is 10.9. The second kappa shape index (κ2) is 10.1. The molecule has 0 aromatic heterocycles. The van der Waals surface area contributed by atoms with E-state index >= 15 is 0 Å². The molecule has 0 atom stereocenters. The highest BCUT2D eigenvalue weighted by atomic mass is 15.2. The Balaban J connectivity index is 1.80. The molecule has 0 fully saturated rings. The third-order valence-electron chi connectivity index (χ3n) is 3.62. The molecule has 2 N–H and O–H groups in total. The number of nitrogens with one attached hydrogen (secondary N) is 2. The summed E-state index contributed by atoms with van der Waals surface area (Å²) in [6.07, 6.45) is 2.12. The number of hydrogen-bond donors (Lipinski definition) is 2. The maximum atomic E-state index is 8.82. The van der Waals surface area contributed by atoms with Gasteiger partial charge < -0.3 is 10.6 Å². The molecule has 0 bridgehead atoms. The van der Waals surface area contributed by atoms with E-state index in [0.717, 1.165) is 37.5 Å². The lowest BCUT2D eigenvalue weighted by molar-refractivity contribution is 0.744. The van der Waals surface area contributed by atoms with Gasteiger partial charge >= 0.3 is 0 Å². The van der Waals surface area contributed by atoms with E-state index in [0.29, 0.717) is 12.1 Å². The maximum Gasteiger partial charge on any atom is 0.191 e. The van der Waals surface area contributed by atoms with Crippen LogP contribution in [0.2, 0.25) is 0 Å². The molecule has 4 heteroatoms. The van der Waals surface area contributed by atoms with Gasteiger partial charge in [0.25, 0.3) is 0 Å². The Labute approximate surface area is 144 Å². The topological polar surface area (TPSA) is 60.2 Å². The first-order valence-corrected chi connectivity index (χ1v) is 8.37. The Kier molecular flexibility index (Phi) is 7.36. The van der Waals surface area contributed by atoms with Gasteiger partial charge in [0, 0.05) is 13.1 Å². The van der Waals surface area contributed by atoms with E-state index in [4.69, 9.17) is 5.26 Å². The summed E-state index contributed by atoms with van der Waals surface area (Å²) in [6, 6.07) is 20.2. The number of hydrogen-bond acceptors (Lipinski definition) is 2. The first-order valence-electron chi connectivity index (χ1n) is 8.37. The lowest BCUT2D eigenvalue weighted by atomic mass is 10.1. The van der Waals surface area contributed by atoms with Gasteiger partial charge in [0.1, 0.15) is 0 Å². The Morgan fingerprint density at radius 1 is 1.00 bits per heavy atom. The summed E-state index contributed by atoms with van der Waals surface area (Å²) in [4.78, 5) is 4.60. The van der Waals surface area contributed by atoms with Gasteiger partial charge in [-0.25, -0.2) is 4.99 Å². The van der Waals surface area contributed by atoms with Crippen molar-refractivity contribution in [2.24, 2.45) is 4.99 Å². The van der Waals surface area contributed by atoms with Gasteiger partial charge in [0.05, 0.1) is 18.2 Å². The molecule has 0 saturated carbocycles. The highest BCUT2D eigenvalue weighted by Gasteiger charge is 1.98. The molecule has 0 aliphatic heterocycles. The summed E-state index contributed by atoms with van der Waals surface area (Å²) in [5, 5.41) is 15.5. The molecule has 0 unspecified atom stereocenters. The van der Waals surface area contributed by atoms with E-state index in [1.165, 1.54) is 5.56 Å². The zero-order chi connectivity index (χ0) is 17.0. The van der Waals surface area contributed by atoms with Crippen LogP contribution in [0.1, 0.15) is 30.0 Å². The van der Waals surface area contributed by atoms with Crippen LogP contribution in [-0.2, 0) is 13.0 Å². The van der Waals surface area contributed by atoms with Crippen molar-refractivity contribution in [3.05, 3.63) is 71.3 Å². The quantitative estimate of drug-likeness (QED) is 0.468. The minimum atomic E-state index is 0.597. The predicted octanol–water partition coefficient (Wildman–Crippen LogP) is 3.25. The summed E-state index contributed by atoms with van der Waals surface area (Å²) < 4.78 is 0. The van der Waals surface area contributed by atoms with Crippen molar-refractivity contribution in [1.29, 1.82) is 5.26 Å². The number of nitriles is 1. The average Bonchev–Trinajstić information content (AvgIpc) is 2.64. The van der Waals surface area contributed by atoms with E-state index in [1.807, 2.05) is 30.3 Å². The number of benzene rings is 2. The van der Waals surface area contributed by atoms with Gasteiger partial charge in [-0.05, 0) is 43.0 Å². The summed E-state index contributed by atoms with van der Waals surface area (Å²) >= 11 is 0. The van der Waals surface area contributed by atoms with Crippen LogP contribution in [0.4, 0.5) is 0 Å². The van der Waals surface area contributed by atoms with Crippen molar-refractivity contribution in [2.75, 3.05) is 13.1 Å². The third-order valence-corrected chi connectivity index (χ3v) is 3.62. The minimum absolute atomic E-state index is 0.597. The molecule has 0 radical (unpaired) electrons. The molecular formula is C20H24N4. The van der Waals surface area contributed by atoms with Crippen molar-refractivity contribution in [1.82, 2.24) is 10.6 Å². The molecule has 0 saturated heterocycles. The van der Waals surface area contributed by atoms with Crippen LogP contribution in [0.25, 0.3) is 0 Å². The minimum Gasteiger partial charge on any atom is -0.357 e. The maximum absolute atomic E-state index is 8.82. The monoisotopic (exact) mass is 320 g/mol. The molecule has 2 rings (SSSR count). The summed E-state index contributed by atoms with van der Waals surface area (Å²) in [5.74, 6) is 0.829. The average molecular weight is 320 g/mol. The third kappa shape index (κ3) is 6.13. The number of guanidine groups is 1. The van der Waals surface area contributed by atoms with Gasteiger partial charge in [0.2, 0.25) is 0 Å². The van der Waals surface area contributed by atoms with Crippen LogP contribution < -0.4 is 10.6 Å². The number of aliphatic imine (C=N–C) groups is 1. The fraction of sp³-hybridized carbons (Fsp3) is 0.300. The fourth-order valence-electron chi connectivity index (χ4n) is 2.34. The van der Waals surface area contributed by atoms with Gasteiger partial charge in [-0.15, -0.1) is 0 Å². The number of aryl methyl sites for hydroxylation is 1. The zero-order valence-electron chi connectivity index (χ0n) is 14.1. The van der Waals surface area contributed by atoms with E-state index < -0.39 is 0 Å². The van der Waals surface area contributed by atoms with E-state index in [2.05, 4.69) is 52.9 Å². The van der Waals surface area contributed by atoms with E-state index in [-0.39, 0.29) is 0 Å². The molecule has 24 heavy (non-hydrogen) atoms. The lowest BCUT2D eigenvalue weighted by Gasteiger charge is -2.11.